The van der Waals surface area contributed by atoms with Gasteiger partial charge in [-0.1, -0.05) is 28.1 Å². The molecule has 0 aliphatic heterocycles. The molecule has 24 heavy (non-hydrogen) atoms. The summed E-state index contributed by atoms with van der Waals surface area (Å²) in [6.45, 7) is -2.90. The van der Waals surface area contributed by atoms with Gasteiger partial charge in [0.15, 0.2) is 0 Å². The molecule has 0 unspecified atom stereocenters. The van der Waals surface area contributed by atoms with E-state index in [0.29, 0.717) is 20.6 Å². The molecule has 3 aromatic rings. The van der Waals surface area contributed by atoms with E-state index >= 15 is 0 Å². The number of para-hydroxylation sites is 1. The molecule has 0 saturated heterocycles. The van der Waals surface area contributed by atoms with Gasteiger partial charge in [-0.3, -0.25) is 0 Å². The van der Waals surface area contributed by atoms with Crippen LogP contribution in [0.25, 0.3) is 21.9 Å². The third-order valence-electron chi connectivity index (χ3n) is 3.14. The Kier molecular flexibility index (Phi) is 4.88. The van der Waals surface area contributed by atoms with Crippen molar-refractivity contribution < 1.29 is 13.5 Å². The van der Waals surface area contributed by atoms with Crippen LogP contribution >= 0.6 is 27.3 Å². The third kappa shape index (κ3) is 3.61. The molecule has 1 heterocycles. The van der Waals surface area contributed by atoms with Gasteiger partial charge in [-0.15, -0.1) is 11.3 Å². The van der Waals surface area contributed by atoms with Gasteiger partial charge in [0, 0.05) is 4.47 Å². The molecule has 0 fully saturated rings. The Hall–Kier alpha value is -2.30. The number of rotatable bonds is 4. The fourth-order valence-corrected chi connectivity index (χ4v) is 3.39. The van der Waals surface area contributed by atoms with E-state index in [0.717, 1.165) is 10.2 Å². The van der Waals surface area contributed by atoms with E-state index in [1.807, 2.05) is 24.3 Å². The average molecular weight is 407 g/mol. The van der Waals surface area contributed by atoms with E-state index in [1.54, 1.807) is 12.1 Å². The van der Waals surface area contributed by atoms with Gasteiger partial charge in [-0.25, -0.2) is 4.98 Å². The maximum absolute atomic E-state index is 12.4. The van der Waals surface area contributed by atoms with Gasteiger partial charge < -0.3 is 4.74 Å². The van der Waals surface area contributed by atoms with Crippen LogP contribution in [0.4, 0.5) is 8.78 Å². The first-order valence-corrected chi connectivity index (χ1v) is 8.40. The van der Waals surface area contributed by atoms with Crippen LogP contribution in [0.15, 0.2) is 46.9 Å². The number of hydrogen-bond acceptors (Lipinski definition) is 4. The minimum absolute atomic E-state index is 0.0287. The molecule has 0 N–H and O–H groups in total. The molecule has 7 heteroatoms. The normalized spacial score (nSPS) is 11.7. The van der Waals surface area contributed by atoms with Crippen molar-refractivity contribution in [1.82, 2.24) is 4.98 Å². The summed E-state index contributed by atoms with van der Waals surface area (Å²) in [5, 5.41) is 10.0. The highest BCUT2D eigenvalue weighted by atomic mass is 79.9. The lowest BCUT2D eigenvalue weighted by Crippen LogP contribution is -2.01. The second-order valence-electron chi connectivity index (χ2n) is 4.72. The molecule has 1 aromatic heterocycles. The van der Waals surface area contributed by atoms with Gasteiger partial charge in [0.05, 0.1) is 15.8 Å². The number of nitriles is 1. The van der Waals surface area contributed by atoms with Crippen molar-refractivity contribution in [2.75, 3.05) is 0 Å². The largest absolute Gasteiger partial charge is 0.435 e. The number of benzene rings is 2. The van der Waals surface area contributed by atoms with Crippen LogP contribution in [0.2, 0.25) is 0 Å². The van der Waals surface area contributed by atoms with Gasteiger partial charge in [0.2, 0.25) is 0 Å². The molecule has 0 aliphatic rings. The monoisotopic (exact) mass is 406 g/mol. The maximum Gasteiger partial charge on any atom is 0.387 e. The van der Waals surface area contributed by atoms with Gasteiger partial charge in [-0.05, 0) is 42.0 Å². The quantitative estimate of drug-likeness (QED) is 0.520. The van der Waals surface area contributed by atoms with Crippen LogP contribution in [-0.4, -0.2) is 11.6 Å². The topological polar surface area (TPSA) is 45.9 Å². The fourth-order valence-electron chi connectivity index (χ4n) is 2.09. The summed E-state index contributed by atoms with van der Waals surface area (Å²) in [7, 11) is 0. The molecular weight excluding hydrogens is 398 g/mol. The highest BCUT2D eigenvalue weighted by Gasteiger charge is 2.11. The standard InChI is InChI=1S/C17H9BrF2N2OS/c18-13-6-5-12(23-17(19)20)8-10(13)7-11(9-21)16-22-14-3-1-2-4-15(14)24-16/h1-8,17H/b11-7+. The Labute approximate surface area is 149 Å². The lowest BCUT2D eigenvalue weighted by Gasteiger charge is -2.06. The van der Waals surface area contributed by atoms with Gasteiger partial charge in [0.25, 0.3) is 0 Å². The van der Waals surface area contributed by atoms with Gasteiger partial charge in [-0.2, -0.15) is 14.0 Å². The zero-order chi connectivity index (χ0) is 17.1. The Morgan fingerprint density at radius 1 is 1.29 bits per heavy atom. The zero-order valence-corrected chi connectivity index (χ0v) is 14.4. The summed E-state index contributed by atoms with van der Waals surface area (Å²) in [5.41, 5.74) is 1.72. The SMILES string of the molecule is N#C/C(=C\c1cc(OC(F)F)ccc1Br)c1nc2ccccc2s1. The van der Waals surface area contributed by atoms with Crippen molar-refractivity contribution in [2.24, 2.45) is 0 Å². The van der Waals surface area contributed by atoms with Crippen LogP contribution in [0.1, 0.15) is 10.6 Å². The summed E-state index contributed by atoms with van der Waals surface area (Å²) in [5.74, 6) is 0.0287. The molecule has 0 aliphatic carbocycles. The number of halogens is 3. The molecule has 3 nitrogen and oxygen atoms in total. The van der Waals surface area contributed by atoms with Gasteiger partial charge >= 0.3 is 6.61 Å². The second kappa shape index (κ2) is 7.07. The smallest absolute Gasteiger partial charge is 0.387 e. The summed E-state index contributed by atoms with van der Waals surface area (Å²) < 4.78 is 30.7. The molecule has 0 saturated carbocycles. The van der Waals surface area contributed by atoms with Crippen molar-refractivity contribution in [3.8, 4) is 11.8 Å². The number of ether oxygens (including phenoxy) is 1. The van der Waals surface area contributed by atoms with Crippen molar-refractivity contribution in [2.45, 2.75) is 6.61 Å². The molecule has 0 spiro atoms. The van der Waals surface area contributed by atoms with E-state index in [2.05, 4.69) is 31.7 Å². The Morgan fingerprint density at radius 3 is 2.79 bits per heavy atom. The van der Waals surface area contributed by atoms with Crippen molar-refractivity contribution in [3.63, 3.8) is 0 Å². The predicted molar refractivity (Wildman–Crippen MR) is 93.9 cm³/mol. The number of allylic oxidation sites excluding steroid dienone is 1. The predicted octanol–water partition coefficient (Wildman–Crippen LogP) is 5.72. The molecule has 0 atom stereocenters. The molecule has 2 aromatic carbocycles. The minimum Gasteiger partial charge on any atom is -0.435 e. The fraction of sp³-hybridized carbons (Fsp3) is 0.0588. The van der Waals surface area contributed by atoms with E-state index in [-0.39, 0.29) is 5.75 Å². The Bertz CT molecular complexity index is 930. The second-order valence-corrected chi connectivity index (χ2v) is 6.60. The zero-order valence-electron chi connectivity index (χ0n) is 12.0. The van der Waals surface area contributed by atoms with Crippen LogP contribution in [0.3, 0.4) is 0 Å². The third-order valence-corrected chi connectivity index (χ3v) is 4.93. The van der Waals surface area contributed by atoms with Crippen LogP contribution in [0.5, 0.6) is 5.75 Å². The molecule has 0 radical (unpaired) electrons. The van der Waals surface area contributed by atoms with Crippen molar-refractivity contribution in [1.29, 1.82) is 5.26 Å². The molecule has 0 bridgehead atoms. The number of thiazole rings is 1. The van der Waals surface area contributed by atoms with Crippen LogP contribution in [-0.2, 0) is 0 Å². The lowest BCUT2D eigenvalue weighted by atomic mass is 10.1. The highest BCUT2D eigenvalue weighted by molar-refractivity contribution is 9.10. The lowest BCUT2D eigenvalue weighted by molar-refractivity contribution is -0.0498. The van der Waals surface area contributed by atoms with Crippen molar-refractivity contribution in [3.05, 3.63) is 57.5 Å². The minimum atomic E-state index is -2.90. The highest BCUT2D eigenvalue weighted by Crippen LogP contribution is 2.31. The molecule has 0 amide bonds. The summed E-state index contributed by atoms with van der Waals surface area (Å²) in [6.07, 6.45) is 1.60. The van der Waals surface area contributed by atoms with E-state index < -0.39 is 6.61 Å². The molecule has 120 valence electrons. The number of nitrogens with zero attached hydrogens (tertiary/aromatic N) is 2. The van der Waals surface area contributed by atoms with Crippen molar-refractivity contribution >= 4 is 49.1 Å². The number of fused-ring (bicyclic) bond motifs is 1. The average Bonchev–Trinajstić information content (AvgIpc) is 2.98. The first-order valence-electron chi connectivity index (χ1n) is 6.79. The van der Waals surface area contributed by atoms with E-state index in [9.17, 15) is 14.0 Å². The summed E-state index contributed by atoms with van der Waals surface area (Å²) in [6, 6.07) is 14.2. The number of hydrogen-bond donors (Lipinski definition) is 0. The summed E-state index contributed by atoms with van der Waals surface area (Å²) >= 11 is 4.75. The van der Waals surface area contributed by atoms with Crippen LogP contribution in [0, 0.1) is 11.3 Å². The Balaban J connectivity index is 2.03. The first-order chi connectivity index (χ1) is 11.6. The summed E-state index contributed by atoms with van der Waals surface area (Å²) in [4.78, 5) is 4.44. The molecule has 3 rings (SSSR count). The molecular formula is C17H9BrF2N2OS. The van der Waals surface area contributed by atoms with Crippen LogP contribution < -0.4 is 4.74 Å². The number of alkyl halides is 2. The van der Waals surface area contributed by atoms with E-state index in [1.165, 1.54) is 23.5 Å². The maximum atomic E-state index is 12.4. The van der Waals surface area contributed by atoms with Gasteiger partial charge in [0.1, 0.15) is 16.8 Å². The Morgan fingerprint density at radius 2 is 2.08 bits per heavy atom. The first kappa shape index (κ1) is 16.6. The van der Waals surface area contributed by atoms with E-state index in [4.69, 9.17) is 0 Å². The number of aromatic nitrogens is 1.